The van der Waals surface area contributed by atoms with Gasteiger partial charge in [-0.3, -0.25) is 4.79 Å². The number of nitrogens with one attached hydrogen (secondary N) is 1. The molecule has 5 heteroatoms. The third-order valence-corrected chi connectivity index (χ3v) is 4.53. The number of carbonyl (C=O) groups excluding carboxylic acids is 1. The summed E-state index contributed by atoms with van der Waals surface area (Å²) in [7, 11) is 1.67. The molecule has 2 aliphatic heterocycles. The van der Waals surface area contributed by atoms with Gasteiger partial charge in [-0.2, -0.15) is 0 Å². The molecular weight excluding hydrogens is 256 g/mol. The van der Waals surface area contributed by atoms with E-state index in [4.69, 9.17) is 9.47 Å². The van der Waals surface area contributed by atoms with Gasteiger partial charge in [-0.25, -0.2) is 0 Å². The van der Waals surface area contributed by atoms with Crippen LogP contribution in [-0.4, -0.2) is 63.4 Å². The van der Waals surface area contributed by atoms with Crippen molar-refractivity contribution < 1.29 is 14.3 Å². The average Bonchev–Trinajstić information content (AvgIpc) is 2.48. The minimum Gasteiger partial charge on any atom is -0.382 e. The second-order valence-electron chi connectivity index (χ2n) is 6.06. The summed E-state index contributed by atoms with van der Waals surface area (Å²) in [6.45, 7) is 6.99. The fourth-order valence-electron chi connectivity index (χ4n) is 3.22. The van der Waals surface area contributed by atoms with E-state index in [2.05, 4.69) is 12.2 Å². The molecule has 1 amide bonds. The summed E-state index contributed by atoms with van der Waals surface area (Å²) in [5, 5.41) is 3.38. The molecule has 0 radical (unpaired) electrons. The van der Waals surface area contributed by atoms with Gasteiger partial charge in [0, 0.05) is 26.6 Å². The van der Waals surface area contributed by atoms with Gasteiger partial charge < -0.3 is 19.7 Å². The molecule has 1 N–H and O–H groups in total. The van der Waals surface area contributed by atoms with Crippen molar-refractivity contribution in [2.45, 2.75) is 32.3 Å². The molecule has 0 aromatic carbocycles. The first-order chi connectivity index (χ1) is 9.70. The molecule has 116 valence electrons. The Labute approximate surface area is 122 Å². The molecule has 2 rings (SSSR count). The normalized spacial score (nSPS) is 26.5. The number of rotatable bonds is 5. The first kappa shape index (κ1) is 15.7. The predicted molar refractivity (Wildman–Crippen MR) is 77.6 cm³/mol. The Bertz CT molecular complexity index is 303. The van der Waals surface area contributed by atoms with Crippen molar-refractivity contribution in [2.24, 2.45) is 11.8 Å². The topological polar surface area (TPSA) is 50.8 Å². The fourth-order valence-corrected chi connectivity index (χ4v) is 3.22. The Morgan fingerprint density at radius 1 is 1.45 bits per heavy atom. The number of piperidine rings is 1. The number of hydrogen-bond acceptors (Lipinski definition) is 4. The Morgan fingerprint density at radius 2 is 2.20 bits per heavy atom. The second kappa shape index (κ2) is 7.96. The molecule has 0 spiro atoms. The number of ether oxygens (including phenoxy) is 2. The Morgan fingerprint density at radius 3 is 2.90 bits per heavy atom. The lowest BCUT2D eigenvalue weighted by molar-refractivity contribution is -0.142. The molecule has 2 unspecified atom stereocenters. The highest BCUT2D eigenvalue weighted by Crippen LogP contribution is 2.25. The van der Waals surface area contributed by atoms with Crippen molar-refractivity contribution in [1.82, 2.24) is 10.2 Å². The first-order valence-electron chi connectivity index (χ1n) is 7.79. The van der Waals surface area contributed by atoms with E-state index in [-0.39, 0.29) is 12.0 Å². The van der Waals surface area contributed by atoms with Crippen LogP contribution < -0.4 is 5.32 Å². The quantitative estimate of drug-likeness (QED) is 0.814. The average molecular weight is 284 g/mol. The largest absolute Gasteiger partial charge is 0.382 e. The highest BCUT2D eigenvalue weighted by atomic mass is 16.5. The molecule has 20 heavy (non-hydrogen) atoms. The van der Waals surface area contributed by atoms with Gasteiger partial charge in [0.05, 0.1) is 19.3 Å². The van der Waals surface area contributed by atoms with Crippen LogP contribution >= 0.6 is 0 Å². The number of morpholine rings is 1. The van der Waals surface area contributed by atoms with Crippen molar-refractivity contribution in [3.8, 4) is 0 Å². The summed E-state index contributed by atoms with van der Waals surface area (Å²) in [6.07, 6.45) is 3.10. The van der Waals surface area contributed by atoms with E-state index >= 15 is 0 Å². The zero-order valence-electron chi connectivity index (χ0n) is 12.8. The molecule has 2 fully saturated rings. The number of methoxy groups -OCH3 is 1. The minimum absolute atomic E-state index is 0.0342. The van der Waals surface area contributed by atoms with Crippen LogP contribution in [0.2, 0.25) is 0 Å². The van der Waals surface area contributed by atoms with Crippen molar-refractivity contribution in [2.75, 3.05) is 46.5 Å². The van der Waals surface area contributed by atoms with Crippen molar-refractivity contribution >= 4 is 5.91 Å². The summed E-state index contributed by atoms with van der Waals surface area (Å²) in [4.78, 5) is 14.4. The lowest BCUT2D eigenvalue weighted by Crippen LogP contribution is -2.47. The van der Waals surface area contributed by atoms with Crippen LogP contribution in [0.4, 0.5) is 0 Å². The molecule has 0 bridgehead atoms. The zero-order chi connectivity index (χ0) is 14.4. The van der Waals surface area contributed by atoms with E-state index < -0.39 is 0 Å². The molecule has 0 saturated carbocycles. The maximum absolute atomic E-state index is 12.4. The van der Waals surface area contributed by atoms with Gasteiger partial charge in [0.2, 0.25) is 5.91 Å². The summed E-state index contributed by atoms with van der Waals surface area (Å²) >= 11 is 0. The van der Waals surface area contributed by atoms with Crippen LogP contribution in [0.3, 0.4) is 0 Å². The lowest BCUT2D eigenvalue weighted by atomic mass is 9.84. The second-order valence-corrected chi connectivity index (χ2v) is 6.06. The van der Waals surface area contributed by atoms with E-state index in [1.165, 1.54) is 12.8 Å². The standard InChI is InChI=1S/C15H28N2O3/c1-12(13-3-5-16-6-4-13)9-15(18)17-7-8-20-14(10-17)11-19-2/h12-14,16H,3-11H2,1-2H3. The van der Waals surface area contributed by atoms with Gasteiger partial charge in [-0.1, -0.05) is 6.92 Å². The summed E-state index contributed by atoms with van der Waals surface area (Å²) in [5.41, 5.74) is 0. The molecule has 5 nitrogen and oxygen atoms in total. The number of hydrogen-bond donors (Lipinski definition) is 1. The van der Waals surface area contributed by atoms with E-state index in [0.29, 0.717) is 38.0 Å². The van der Waals surface area contributed by atoms with Gasteiger partial charge in [-0.15, -0.1) is 0 Å². The lowest BCUT2D eigenvalue weighted by Gasteiger charge is -2.34. The van der Waals surface area contributed by atoms with Crippen molar-refractivity contribution in [1.29, 1.82) is 0 Å². The van der Waals surface area contributed by atoms with Crippen LogP contribution in [0.5, 0.6) is 0 Å². The molecule has 2 saturated heterocycles. The van der Waals surface area contributed by atoms with Gasteiger partial charge >= 0.3 is 0 Å². The molecule has 2 heterocycles. The Hall–Kier alpha value is -0.650. The molecule has 2 aliphatic rings. The van der Waals surface area contributed by atoms with Gasteiger partial charge in [0.25, 0.3) is 0 Å². The smallest absolute Gasteiger partial charge is 0.223 e. The van der Waals surface area contributed by atoms with E-state index in [1.54, 1.807) is 7.11 Å². The van der Waals surface area contributed by atoms with Crippen molar-refractivity contribution in [3.63, 3.8) is 0 Å². The van der Waals surface area contributed by atoms with E-state index in [0.717, 1.165) is 19.6 Å². The molecular formula is C15H28N2O3. The summed E-state index contributed by atoms with van der Waals surface area (Å²) in [6, 6.07) is 0. The predicted octanol–water partition coefficient (Wildman–Crippen LogP) is 0.886. The number of carbonyl (C=O) groups is 1. The molecule has 0 aliphatic carbocycles. The fraction of sp³-hybridized carbons (Fsp3) is 0.933. The van der Waals surface area contributed by atoms with Gasteiger partial charge in [-0.05, 0) is 37.8 Å². The summed E-state index contributed by atoms with van der Waals surface area (Å²) in [5.74, 6) is 1.45. The number of nitrogens with zero attached hydrogens (tertiary/aromatic N) is 1. The van der Waals surface area contributed by atoms with Crippen LogP contribution in [0.15, 0.2) is 0 Å². The third-order valence-electron chi connectivity index (χ3n) is 4.53. The van der Waals surface area contributed by atoms with E-state index in [1.807, 2.05) is 4.90 Å². The van der Waals surface area contributed by atoms with Crippen LogP contribution in [0.1, 0.15) is 26.2 Å². The Balaban J connectivity index is 1.78. The molecule has 2 atom stereocenters. The number of amides is 1. The summed E-state index contributed by atoms with van der Waals surface area (Å²) < 4.78 is 10.7. The van der Waals surface area contributed by atoms with Gasteiger partial charge in [0.1, 0.15) is 0 Å². The van der Waals surface area contributed by atoms with Crippen LogP contribution in [0, 0.1) is 11.8 Å². The van der Waals surface area contributed by atoms with Crippen molar-refractivity contribution in [3.05, 3.63) is 0 Å². The van der Waals surface area contributed by atoms with E-state index in [9.17, 15) is 4.79 Å². The molecule has 0 aromatic rings. The maximum atomic E-state index is 12.4. The molecule has 0 aromatic heterocycles. The monoisotopic (exact) mass is 284 g/mol. The van der Waals surface area contributed by atoms with Crippen LogP contribution in [0.25, 0.3) is 0 Å². The first-order valence-corrected chi connectivity index (χ1v) is 7.79. The zero-order valence-corrected chi connectivity index (χ0v) is 12.8. The maximum Gasteiger partial charge on any atom is 0.223 e. The van der Waals surface area contributed by atoms with Gasteiger partial charge in [0.15, 0.2) is 0 Å². The third kappa shape index (κ3) is 4.43. The van der Waals surface area contributed by atoms with Crippen LogP contribution in [-0.2, 0) is 14.3 Å². The highest BCUT2D eigenvalue weighted by molar-refractivity contribution is 5.76. The Kier molecular flexibility index (Phi) is 6.26. The minimum atomic E-state index is 0.0342. The highest BCUT2D eigenvalue weighted by Gasteiger charge is 2.27. The SMILES string of the molecule is COCC1CN(C(=O)CC(C)C2CCNCC2)CCO1.